The fourth-order valence-electron chi connectivity index (χ4n) is 3.93. The van der Waals surface area contributed by atoms with Gasteiger partial charge in [0.05, 0.1) is 11.4 Å². The highest BCUT2D eigenvalue weighted by Crippen LogP contribution is 2.34. The lowest BCUT2D eigenvalue weighted by molar-refractivity contribution is -0.117. The maximum absolute atomic E-state index is 13.7. The summed E-state index contributed by atoms with van der Waals surface area (Å²) < 4.78 is 39.9. The van der Waals surface area contributed by atoms with Crippen LogP contribution in [0.3, 0.4) is 0 Å². The molecule has 1 aromatic carbocycles. The van der Waals surface area contributed by atoms with Gasteiger partial charge in [-0.1, -0.05) is 0 Å². The second kappa shape index (κ2) is 8.29. The van der Waals surface area contributed by atoms with Gasteiger partial charge >= 0.3 is 6.03 Å². The molecule has 3 amide bonds. The number of urea groups is 1. The van der Waals surface area contributed by atoms with Gasteiger partial charge in [-0.15, -0.1) is 0 Å². The molecule has 0 saturated heterocycles. The first-order chi connectivity index (χ1) is 15.1. The smallest absolute Gasteiger partial charge is 0.319 e. The van der Waals surface area contributed by atoms with Gasteiger partial charge in [-0.2, -0.15) is 0 Å². The number of anilines is 3. The minimum absolute atomic E-state index is 0.103. The maximum atomic E-state index is 13.7. The molecule has 2 aliphatic rings. The standard InChI is InChI=1S/C21H23F3N6O2/c1-9-18-19(30(3)10(2)20(31)29-18)28-17(25-9)6-11-4-12(5-11)26-21(32)27-16-8-14(23)13(22)7-15(16)24/h7-8,10-12H,4-6H2,1-3H3,(H,29,31)(H2,26,27,32)/t10-,11?,12?/m0/s1. The number of halogens is 3. The van der Waals surface area contributed by atoms with Gasteiger partial charge in [0.2, 0.25) is 5.91 Å². The van der Waals surface area contributed by atoms with E-state index in [1.54, 1.807) is 6.92 Å². The molecule has 1 saturated carbocycles. The number of rotatable bonds is 4. The van der Waals surface area contributed by atoms with Gasteiger partial charge in [-0.25, -0.2) is 27.9 Å². The van der Waals surface area contributed by atoms with E-state index >= 15 is 0 Å². The van der Waals surface area contributed by atoms with E-state index in [4.69, 9.17) is 0 Å². The summed E-state index contributed by atoms with van der Waals surface area (Å²) in [5, 5.41) is 7.74. The maximum Gasteiger partial charge on any atom is 0.319 e. The van der Waals surface area contributed by atoms with Crippen LogP contribution in [0.1, 0.15) is 31.3 Å². The molecule has 8 nitrogen and oxygen atoms in total. The number of nitrogens with zero attached hydrogens (tertiary/aromatic N) is 3. The molecule has 2 aromatic rings. The van der Waals surface area contributed by atoms with E-state index in [2.05, 4.69) is 25.9 Å². The number of carbonyl (C=O) groups is 2. The first-order valence-corrected chi connectivity index (χ1v) is 10.3. The summed E-state index contributed by atoms with van der Waals surface area (Å²) in [6.07, 6.45) is 1.97. The molecular formula is C21H23F3N6O2. The summed E-state index contributed by atoms with van der Waals surface area (Å²) in [6.45, 7) is 3.62. The molecular weight excluding hydrogens is 425 g/mol. The zero-order valence-electron chi connectivity index (χ0n) is 17.8. The number of fused-ring (bicyclic) bond motifs is 1. The van der Waals surface area contributed by atoms with E-state index in [0.29, 0.717) is 54.4 Å². The largest absolute Gasteiger partial charge is 0.346 e. The lowest BCUT2D eigenvalue weighted by Crippen LogP contribution is -2.47. The van der Waals surface area contributed by atoms with E-state index < -0.39 is 29.2 Å². The van der Waals surface area contributed by atoms with Crippen LogP contribution in [0, 0.1) is 30.3 Å². The van der Waals surface area contributed by atoms with Crippen LogP contribution >= 0.6 is 0 Å². The lowest BCUT2D eigenvalue weighted by Gasteiger charge is -2.36. The molecule has 0 unspecified atom stereocenters. The van der Waals surface area contributed by atoms with Gasteiger partial charge in [0.25, 0.3) is 0 Å². The average Bonchev–Trinajstić information content (AvgIpc) is 2.69. The van der Waals surface area contributed by atoms with Crippen LogP contribution in [0.25, 0.3) is 0 Å². The van der Waals surface area contributed by atoms with Crippen molar-refractivity contribution in [2.45, 2.75) is 45.2 Å². The zero-order valence-corrected chi connectivity index (χ0v) is 17.8. The minimum Gasteiger partial charge on any atom is -0.346 e. The summed E-state index contributed by atoms with van der Waals surface area (Å²) in [6, 6.07) is -0.169. The van der Waals surface area contributed by atoms with Crippen LogP contribution in [0.4, 0.5) is 35.2 Å². The monoisotopic (exact) mass is 448 g/mol. The molecule has 1 aliphatic carbocycles. The Kier molecular flexibility index (Phi) is 5.66. The van der Waals surface area contributed by atoms with Gasteiger partial charge in [-0.3, -0.25) is 4.79 Å². The van der Waals surface area contributed by atoms with E-state index in [-0.39, 0.29) is 23.9 Å². The average molecular weight is 448 g/mol. The van der Waals surface area contributed by atoms with Gasteiger partial charge in [0.1, 0.15) is 23.4 Å². The Morgan fingerprint density at radius 2 is 1.88 bits per heavy atom. The minimum atomic E-state index is -1.32. The Bertz CT molecular complexity index is 1090. The lowest BCUT2D eigenvalue weighted by atomic mass is 9.78. The molecule has 1 aliphatic heterocycles. The molecule has 11 heteroatoms. The summed E-state index contributed by atoms with van der Waals surface area (Å²) in [7, 11) is 1.82. The second-order valence-corrected chi connectivity index (χ2v) is 8.28. The highest BCUT2D eigenvalue weighted by molar-refractivity contribution is 6.02. The van der Waals surface area contributed by atoms with Crippen molar-refractivity contribution in [2.75, 3.05) is 22.6 Å². The van der Waals surface area contributed by atoms with Crippen LogP contribution in [0.5, 0.6) is 0 Å². The number of hydrogen-bond donors (Lipinski definition) is 3. The third-order valence-electron chi connectivity index (χ3n) is 5.96. The van der Waals surface area contributed by atoms with Crippen molar-refractivity contribution in [3.63, 3.8) is 0 Å². The summed E-state index contributed by atoms with van der Waals surface area (Å²) in [4.78, 5) is 35.0. The molecule has 1 fully saturated rings. The molecule has 2 heterocycles. The molecule has 32 heavy (non-hydrogen) atoms. The fraction of sp³-hybridized carbons (Fsp3) is 0.429. The topological polar surface area (TPSA) is 99.2 Å². The van der Waals surface area contributed by atoms with Gasteiger partial charge in [-0.05, 0) is 32.6 Å². The predicted molar refractivity (Wildman–Crippen MR) is 112 cm³/mol. The van der Waals surface area contributed by atoms with E-state index in [1.165, 1.54) is 0 Å². The molecule has 1 atom stereocenters. The Morgan fingerprint density at radius 1 is 1.19 bits per heavy atom. The van der Waals surface area contributed by atoms with Crippen LogP contribution in [-0.2, 0) is 11.2 Å². The van der Waals surface area contributed by atoms with Crippen molar-refractivity contribution in [1.82, 2.24) is 15.3 Å². The van der Waals surface area contributed by atoms with E-state index in [1.807, 2.05) is 18.9 Å². The third-order valence-corrected chi connectivity index (χ3v) is 5.96. The Balaban J connectivity index is 1.32. The Morgan fingerprint density at radius 3 is 2.59 bits per heavy atom. The summed E-state index contributed by atoms with van der Waals surface area (Å²) in [5.74, 6) is -2.13. The number of benzene rings is 1. The highest BCUT2D eigenvalue weighted by atomic mass is 19.2. The molecule has 4 rings (SSSR count). The second-order valence-electron chi connectivity index (χ2n) is 8.28. The van der Waals surface area contributed by atoms with E-state index in [9.17, 15) is 22.8 Å². The third kappa shape index (κ3) is 4.19. The Labute approximate surface area is 182 Å². The molecule has 0 spiro atoms. The molecule has 1 aromatic heterocycles. The van der Waals surface area contributed by atoms with Crippen molar-refractivity contribution in [1.29, 1.82) is 0 Å². The van der Waals surface area contributed by atoms with E-state index in [0.717, 1.165) is 0 Å². The molecule has 3 N–H and O–H groups in total. The van der Waals surface area contributed by atoms with Crippen LogP contribution < -0.4 is 20.9 Å². The van der Waals surface area contributed by atoms with Gasteiger partial charge < -0.3 is 20.9 Å². The first kappa shape index (κ1) is 21.8. The number of nitrogens with one attached hydrogen (secondary N) is 3. The van der Waals surface area contributed by atoms with Gasteiger partial charge in [0.15, 0.2) is 17.5 Å². The SMILES string of the molecule is Cc1nc(CC2CC(NC(=O)Nc3cc(F)c(F)cc3F)C2)nc2c1NC(=O)[C@H](C)N2C. The Hall–Kier alpha value is -3.37. The van der Waals surface area contributed by atoms with Gasteiger partial charge in [0, 0.05) is 31.6 Å². The highest BCUT2D eigenvalue weighted by Gasteiger charge is 2.33. The first-order valence-electron chi connectivity index (χ1n) is 10.3. The molecule has 170 valence electrons. The van der Waals surface area contributed by atoms with Crippen molar-refractivity contribution >= 4 is 29.1 Å². The zero-order chi connectivity index (χ0) is 23.2. The van der Waals surface area contributed by atoms with Crippen molar-refractivity contribution in [2.24, 2.45) is 5.92 Å². The normalized spacial score (nSPS) is 22.0. The quantitative estimate of drug-likeness (QED) is 0.625. The van der Waals surface area contributed by atoms with Crippen molar-refractivity contribution < 1.29 is 22.8 Å². The predicted octanol–water partition coefficient (Wildman–Crippen LogP) is 3.12. The number of amides is 3. The number of aromatic nitrogens is 2. The van der Waals surface area contributed by atoms with Crippen molar-refractivity contribution in [3.8, 4) is 0 Å². The number of aryl methyl sites for hydroxylation is 1. The van der Waals surface area contributed by atoms with Crippen LogP contribution in [-0.4, -0.2) is 41.0 Å². The van der Waals surface area contributed by atoms with Crippen LogP contribution in [0.15, 0.2) is 12.1 Å². The number of hydrogen-bond acceptors (Lipinski definition) is 5. The fourth-order valence-corrected chi connectivity index (χ4v) is 3.93. The summed E-state index contributed by atoms with van der Waals surface area (Å²) >= 11 is 0. The molecule has 0 bridgehead atoms. The number of likely N-dealkylation sites (N-methyl/N-ethyl adjacent to an activating group) is 1. The number of carbonyl (C=O) groups excluding carboxylic acids is 2. The summed E-state index contributed by atoms with van der Waals surface area (Å²) in [5.41, 5.74) is 0.883. The van der Waals surface area contributed by atoms with Crippen molar-refractivity contribution in [3.05, 3.63) is 41.1 Å². The molecule has 0 radical (unpaired) electrons. The van der Waals surface area contributed by atoms with Crippen LogP contribution in [0.2, 0.25) is 0 Å².